The van der Waals surface area contributed by atoms with Crippen LogP contribution >= 0.6 is 34.4 Å². The molecule has 1 fully saturated rings. The Hall–Kier alpha value is -1.16. The molecule has 106 valence electrons. The summed E-state index contributed by atoms with van der Waals surface area (Å²) >= 11 is 3.15. The Morgan fingerprint density at radius 3 is 2.80 bits per heavy atom. The highest BCUT2D eigenvalue weighted by Crippen LogP contribution is 2.33. The lowest BCUT2D eigenvalue weighted by molar-refractivity contribution is -0.384. The topological polar surface area (TPSA) is 80.5 Å². The lowest BCUT2D eigenvalue weighted by atomic mass is 10.2. The Balaban J connectivity index is 2.22. The smallest absolute Gasteiger partial charge is 0.270 e. The first-order chi connectivity index (χ1) is 9.38. The van der Waals surface area contributed by atoms with Crippen LogP contribution in [0.5, 0.6) is 0 Å². The van der Waals surface area contributed by atoms with Gasteiger partial charge in [0.25, 0.3) is 5.69 Å². The zero-order valence-corrected chi connectivity index (χ0v) is 13.5. The number of nitro benzene ring substituents is 1. The first-order valence-corrected chi connectivity index (χ1v) is 7.76. The molecule has 0 saturated carbocycles. The van der Waals surface area contributed by atoms with E-state index in [1.165, 1.54) is 30.8 Å². The van der Waals surface area contributed by atoms with Gasteiger partial charge in [0.1, 0.15) is 0 Å². The average Bonchev–Trinajstić information content (AvgIpc) is 2.68. The zero-order valence-electron chi connectivity index (χ0n) is 10.5. The summed E-state index contributed by atoms with van der Waals surface area (Å²) in [4.78, 5) is 34.9. The maximum absolute atomic E-state index is 12.0. The van der Waals surface area contributed by atoms with Crippen molar-refractivity contribution in [3.8, 4) is 0 Å². The number of nitro groups is 1. The molecule has 1 saturated heterocycles. The van der Waals surface area contributed by atoms with Crippen LogP contribution in [0.4, 0.5) is 11.4 Å². The first kappa shape index (κ1) is 15.2. The van der Waals surface area contributed by atoms with Gasteiger partial charge in [0.2, 0.25) is 5.91 Å². The van der Waals surface area contributed by atoms with Gasteiger partial charge < -0.3 is 4.90 Å². The molecule has 0 N–H and O–H groups in total. The van der Waals surface area contributed by atoms with Gasteiger partial charge in [0.15, 0.2) is 5.12 Å². The highest BCUT2D eigenvalue weighted by molar-refractivity contribution is 14.1. The highest BCUT2D eigenvalue weighted by atomic mass is 127. The minimum absolute atomic E-state index is 0.000503. The molecule has 1 aliphatic heterocycles. The summed E-state index contributed by atoms with van der Waals surface area (Å²) < 4.78 is 0.652. The van der Waals surface area contributed by atoms with Crippen LogP contribution < -0.4 is 4.90 Å². The number of thioether (sulfide) groups is 1. The summed E-state index contributed by atoms with van der Waals surface area (Å²) in [5.74, 6) is -0.0597. The van der Waals surface area contributed by atoms with Crippen molar-refractivity contribution in [2.45, 2.75) is 18.6 Å². The van der Waals surface area contributed by atoms with Crippen LogP contribution in [0.1, 0.15) is 13.3 Å². The SMILES string of the molecule is CC(=O)SC1CC(=O)N(c2ccc([N+](=O)[O-])cc2I)C1. The summed E-state index contributed by atoms with van der Waals surface area (Å²) in [6.45, 7) is 1.93. The van der Waals surface area contributed by atoms with E-state index in [0.717, 1.165) is 0 Å². The second-order valence-corrected chi connectivity index (χ2v) is 6.97. The maximum Gasteiger partial charge on any atom is 0.270 e. The van der Waals surface area contributed by atoms with Crippen LogP contribution in [-0.4, -0.2) is 27.7 Å². The molecule has 1 aliphatic rings. The fourth-order valence-corrected chi connectivity index (χ4v) is 3.76. The van der Waals surface area contributed by atoms with Gasteiger partial charge in [-0.15, -0.1) is 0 Å². The molecule has 0 aliphatic carbocycles. The van der Waals surface area contributed by atoms with E-state index in [1.54, 1.807) is 11.0 Å². The minimum atomic E-state index is -0.466. The van der Waals surface area contributed by atoms with Gasteiger partial charge in [-0.3, -0.25) is 19.7 Å². The van der Waals surface area contributed by atoms with Crippen LogP contribution in [0.25, 0.3) is 0 Å². The van der Waals surface area contributed by atoms with Crippen molar-refractivity contribution in [2.24, 2.45) is 0 Å². The van der Waals surface area contributed by atoms with Gasteiger partial charge in [-0.25, -0.2) is 0 Å². The quantitative estimate of drug-likeness (QED) is 0.438. The van der Waals surface area contributed by atoms with E-state index in [-0.39, 0.29) is 22.0 Å². The largest absolute Gasteiger partial charge is 0.310 e. The molecule has 1 heterocycles. The number of carbonyl (C=O) groups is 2. The summed E-state index contributed by atoms with van der Waals surface area (Å²) in [7, 11) is 0. The van der Waals surface area contributed by atoms with Crippen LogP contribution in [0.2, 0.25) is 0 Å². The van der Waals surface area contributed by atoms with E-state index in [1.807, 2.05) is 22.6 Å². The number of rotatable bonds is 3. The van der Waals surface area contributed by atoms with E-state index >= 15 is 0 Å². The molecule has 6 nitrogen and oxygen atoms in total. The fourth-order valence-electron chi connectivity index (χ4n) is 2.05. The Morgan fingerprint density at radius 1 is 1.55 bits per heavy atom. The Kier molecular flexibility index (Phi) is 4.63. The number of nitrogens with zero attached hydrogens (tertiary/aromatic N) is 2. The maximum atomic E-state index is 12.0. The highest BCUT2D eigenvalue weighted by Gasteiger charge is 2.33. The van der Waals surface area contributed by atoms with Crippen LogP contribution in [-0.2, 0) is 9.59 Å². The second-order valence-electron chi connectivity index (χ2n) is 4.33. The number of non-ortho nitro benzene ring substituents is 1. The molecule has 20 heavy (non-hydrogen) atoms. The minimum Gasteiger partial charge on any atom is -0.310 e. The van der Waals surface area contributed by atoms with Crippen molar-refractivity contribution in [3.63, 3.8) is 0 Å². The van der Waals surface area contributed by atoms with E-state index < -0.39 is 4.92 Å². The van der Waals surface area contributed by atoms with Crippen LogP contribution in [0, 0.1) is 13.7 Å². The number of halogens is 1. The molecular weight excluding hydrogens is 395 g/mol. The van der Waals surface area contributed by atoms with Gasteiger partial charge in [-0.1, -0.05) is 11.8 Å². The third kappa shape index (κ3) is 3.29. The van der Waals surface area contributed by atoms with Crippen molar-refractivity contribution in [1.82, 2.24) is 0 Å². The van der Waals surface area contributed by atoms with Gasteiger partial charge in [0, 0.05) is 40.8 Å². The van der Waals surface area contributed by atoms with Gasteiger partial charge >= 0.3 is 0 Å². The normalized spacial score (nSPS) is 18.4. The van der Waals surface area contributed by atoms with E-state index in [0.29, 0.717) is 22.2 Å². The fraction of sp³-hybridized carbons (Fsp3) is 0.333. The molecule has 0 spiro atoms. The predicted octanol–water partition coefficient (Wildman–Crippen LogP) is 2.58. The Labute approximate surface area is 133 Å². The van der Waals surface area contributed by atoms with Crippen molar-refractivity contribution in [1.29, 1.82) is 0 Å². The molecule has 0 aromatic heterocycles. The lowest BCUT2D eigenvalue weighted by Crippen LogP contribution is -2.25. The lowest BCUT2D eigenvalue weighted by Gasteiger charge is -2.17. The van der Waals surface area contributed by atoms with Crippen LogP contribution in [0.15, 0.2) is 18.2 Å². The predicted molar refractivity (Wildman–Crippen MR) is 84.8 cm³/mol. The van der Waals surface area contributed by atoms with Gasteiger partial charge in [-0.2, -0.15) is 0 Å². The molecule has 1 unspecified atom stereocenters. The molecule has 0 bridgehead atoms. The number of hydrogen-bond donors (Lipinski definition) is 0. The molecule has 2 rings (SSSR count). The van der Waals surface area contributed by atoms with Crippen molar-refractivity contribution in [3.05, 3.63) is 31.9 Å². The van der Waals surface area contributed by atoms with Crippen molar-refractivity contribution >= 4 is 56.7 Å². The molecule has 8 heteroatoms. The first-order valence-electron chi connectivity index (χ1n) is 5.80. The monoisotopic (exact) mass is 406 g/mol. The van der Waals surface area contributed by atoms with Crippen molar-refractivity contribution < 1.29 is 14.5 Å². The second kappa shape index (κ2) is 6.08. The third-order valence-corrected chi connectivity index (χ3v) is 4.70. The molecule has 1 aromatic carbocycles. The number of anilines is 1. The number of amides is 1. The number of benzene rings is 1. The Morgan fingerprint density at radius 2 is 2.25 bits per heavy atom. The molecule has 1 atom stereocenters. The molecule has 1 amide bonds. The summed E-state index contributed by atoms with van der Waals surface area (Å²) in [5.41, 5.74) is 0.660. The van der Waals surface area contributed by atoms with E-state index in [2.05, 4.69) is 0 Å². The summed E-state index contributed by atoms with van der Waals surface area (Å²) in [6.07, 6.45) is 0.317. The standard InChI is InChI=1S/C12H11IN2O4S/c1-7(16)20-9-5-12(17)14(6-9)11-3-2-8(15(18)19)4-10(11)13/h2-4,9H,5-6H2,1H3. The van der Waals surface area contributed by atoms with Crippen molar-refractivity contribution in [2.75, 3.05) is 11.4 Å². The summed E-state index contributed by atoms with van der Waals surface area (Å²) in [6, 6.07) is 4.41. The molecule has 1 aromatic rings. The van der Waals surface area contributed by atoms with E-state index in [4.69, 9.17) is 0 Å². The third-order valence-electron chi connectivity index (χ3n) is 2.86. The van der Waals surface area contributed by atoms with Crippen LogP contribution in [0.3, 0.4) is 0 Å². The van der Waals surface area contributed by atoms with Gasteiger partial charge in [-0.05, 0) is 28.7 Å². The number of hydrogen-bond acceptors (Lipinski definition) is 5. The number of carbonyl (C=O) groups excluding carboxylic acids is 2. The Bertz CT molecular complexity index is 593. The molecule has 0 radical (unpaired) electrons. The van der Waals surface area contributed by atoms with E-state index in [9.17, 15) is 19.7 Å². The summed E-state index contributed by atoms with van der Waals surface area (Å²) in [5, 5.41) is 10.6. The zero-order chi connectivity index (χ0) is 14.9. The molecular formula is C12H11IN2O4S. The average molecular weight is 406 g/mol. The van der Waals surface area contributed by atoms with Gasteiger partial charge in [0.05, 0.1) is 10.6 Å².